The van der Waals surface area contributed by atoms with Crippen LogP contribution in [0.1, 0.15) is 16.7 Å². The number of rotatable bonds is 2. The molecule has 2 N–H and O–H groups in total. The Morgan fingerprint density at radius 3 is 2.41 bits per heavy atom. The van der Waals surface area contributed by atoms with Crippen LogP contribution in [0, 0.1) is 13.8 Å². The van der Waals surface area contributed by atoms with Crippen LogP contribution in [0.3, 0.4) is 0 Å². The molecule has 0 spiro atoms. The van der Waals surface area contributed by atoms with Crippen LogP contribution in [0.4, 0.5) is 0 Å². The van der Waals surface area contributed by atoms with Crippen molar-refractivity contribution in [3.8, 4) is 16.9 Å². The first-order valence-corrected chi connectivity index (χ1v) is 5.63. The third-order valence-electron chi connectivity index (χ3n) is 3.12. The number of aliphatic hydroxyl groups excluding tert-OH is 1. The molecule has 2 nitrogen and oxygen atoms in total. The van der Waals surface area contributed by atoms with Crippen molar-refractivity contribution in [2.24, 2.45) is 0 Å². The van der Waals surface area contributed by atoms with Crippen molar-refractivity contribution in [1.29, 1.82) is 0 Å². The number of aromatic hydroxyl groups is 1. The Bertz CT molecular complexity index is 545. The van der Waals surface area contributed by atoms with Crippen LogP contribution in [-0.2, 0) is 6.61 Å². The van der Waals surface area contributed by atoms with E-state index in [2.05, 4.69) is 0 Å². The van der Waals surface area contributed by atoms with E-state index in [-0.39, 0.29) is 12.4 Å². The van der Waals surface area contributed by atoms with Gasteiger partial charge in [0.2, 0.25) is 0 Å². The molecule has 0 bridgehead atoms. The molecule has 2 rings (SSSR count). The molecule has 0 aliphatic heterocycles. The Balaban J connectivity index is 2.60. The van der Waals surface area contributed by atoms with E-state index in [1.165, 1.54) is 0 Å². The molecule has 2 aromatic rings. The monoisotopic (exact) mass is 228 g/mol. The van der Waals surface area contributed by atoms with E-state index in [4.69, 9.17) is 0 Å². The molecule has 0 radical (unpaired) electrons. The van der Waals surface area contributed by atoms with Gasteiger partial charge in [0.1, 0.15) is 5.75 Å². The number of phenols is 1. The molecular formula is C15H16O2. The van der Waals surface area contributed by atoms with Gasteiger partial charge in [0.25, 0.3) is 0 Å². The third-order valence-corrected chi connectivity index (χ3v) is 3.12. The van der Waals surface area contributed by atoms with Gasteiger partial charge in [-0.2, -0.15) is 0 Å². The lowest BCUT2D eigenvalue weighted by Crippen LogP contribution is -1.93. The van der Waals surface area contributed by atoms with Gasteiger partial charge in [-0.05, 0) is 53.8 Å². The molecule has 88 valence electrons. The first kappa shape index (κ1) is 11.7. The quantitative estimate of drug-likeness (QED) is 0.828. The summed E-state index contributed by atoms with van der Waals surface area (Å²) in [4.78, 5) is 0. The molecule has 0 fully saturated rings. The van der Waals surface area contributed by atoms with Gasteiger partial charge < -0.3 is 10.2 Å². The molecular weight excluding hydrogens is 212 g/mol. The van der Waals surface area contributed by atoms with E-state index in [0.717, 1.165) is 27.8 Å². The number of aryl methyl sites for hydroxylation is 1. The number of benzene rings is 2. The molecule has 0 heterocycles. The van der Waals surface area contributed by atoms with Crippen LogP contribution in [-0.4, -0.2) is 10.2 Å². The second-order valence-electron chi connectivity index (χ2n) is 4.25. The molecule has 2 heteroatoms. The summed E-state index contributed by atoms with van der Waals surface area (Å²) >= 11 is 0. The van der Waals surface area contributed by atoms with Gasteiger partial charge in [0.05, 0.1) is 6.61 Å². The van der Waals surface area contributed by atoms with Gasteiger partial charge in [-0.25, -0.2) is 0 Å². The molecule has 0 unspecified atom stereocenters. The summed E-state index contributed by atoms with van der Waals surface area (Å²) in [6.45, 7) is 4.03. The number of hydrogen-bond donors (Lipinski definition) is 2. The molecule has 0 aromatic heterocycles. The van der Waals surface area contributed by atoms with Gasteiger partial charge in [0.15, 0.2) is 0 Å². The third kappa shape index (κ3) is 2.17. The number of aliphatic hydroxyl groups is 1. The van der Waals surface area contributed by atoms with Gasteiger partial charge in [-0.3, -0.25) is 0 Å². The summed E-state index contributed by atoms with van der Waals surface area (Å²) < 4.78 is 0. The largest absolute Gasteiger partial charge is 0.508 e. The zero-order valence-electron chi connectivity index (χ0n) is 10.1. The van der Waals surface area contributed by atoms with Gasteiger partial charge in [0, 0.05) is 0 Å². The van der Waals surface area contributed by atoms with Gasteiger partial charge >= 0.3 is 0 Å². The highest BCUT2D eigenvalue weighted by Gasteiger charge is 2.08. The van der Waals surface area contributed by atoms with Crippen LogP contribution in [0.5, 0.6) is 5.75 Å². The summed E-state index contributed by atoms with van der Waals surface area (Å²) in [5.74, 6) is 0.280. The highest BCUT2D eigenvalue weighted by molar-refractivity contribution is 5.72. The fourth-order valence-electron chi connectivity index (χ4n) is 2.10. The summed E-state index contributed by atoms with van der Waals surface area (Å²) in [5.41, 5.74) is 5.26. The Morgan fingerprint density at radius 1 is 1.00 bits per heavy atom. The van der Waals surface area contributed by atoms with E-state index in [1.807, 2.05) is 38.1 Å². The molecule has 0 aliphatic rings. The van der Waals surface area contributed by atoms with Crippen molar-refractivity contribution in [1.82, 2.24) is 0 Å². The molecule has 0 atom stereocenters. The normalized spacial score (nSPS) is 10.5. The highest BCUT2D eigenvalue weighted by Crippen LogP contribution is 2.30. The van der Waals surface area contributed by atoms with Gasteiger partial charge in [-0.1, -0.05) is 24.3 Å². The van der Waals surface area contributed by atoms with E-state index in [1.54, 1.807) is 12.1 Å². The maximum atomic E-state index is 9.41. The molecule has 0 amide bonds. The van der Waals surface area contributed by atoms with Crippen LogP contribution in [0.25, 0.3) is 11.1 Å². The molecule has 0 saturated heterocycles. The standard InChI is InChI=1S/C15H16O2/c1-10-8-13(17)6-7-14(10)15-5-3-4-12(9-16)11(15)2/h3-8,16-17H,9H2,1-2H3. The zero-order chi connectivity index (χ0) is 12.4. The Morgan fingerprint density at radius 2 is 1.76 bits per heavy atom. The number of hydrogen-bond acceptors (Lipinski definition) is 2. The molecule has 2 aromatic carbocycles. The van der Waals surface area contributed by atoms with Crippen molar-refractivity contribution in [3.63, 3.8) is 0 Å². The average molecular weight is 228 g/mol. The van der Waals surface area contributed by atoms with Crippen LogP contribution in [0.2, 0.25) is 0 Å². The maximum absolute atomic E-state index is 9.41. The topological polar surface area (TPSA) is 40.5 Å². The summed E-state index contributed by atoms with van der Waals surface area (Å²) in [6.07, 6.45) is 0. The van der Waals surface area contributed by atoms with Crippen molar-refractivity contribution >= 4 is 0 Å². The van der Waals surface area contributed by atoms with Crippen molar-refractivity contribution < 1.29 is 10.2 Å². The Hall–Kier alpha value is -1.80. The molecule has 0 saturated carbocycles. The predicted molar refractivity (Wildman–Crippen MR) is 68.9 cm³/mol. The van der Waals surface area contributed by atoms with Crippen molar-refractivity contribution in [2.45, 2.75) is 20.5 Å². The first-order chi connectivity index (χ1) is 8.13. The van der Waals surface area contributed by atoms with E-state index in [0.29, 0.717) is 0 Å². The van der Waals surface area contributed by atoms with Crippen LogP contribution in [0.15, 0.2) is 36.4 Å². The lowest BCUT2D eigenvalue weighted by Gasteiger charge is -2.12. The summed E-state index contributed by atoms with van der Waals surface area (Å²) in [5, 5.41) is 18.7. The predicted octanol–water partition coefficient (Wildman–Crippen LogP) is 3.17. The fourth-order valence-corrected chi connectivity index (χ4v) is 2.10. The minimum atomic E-state index is 0.0524. The van der Waals surface area contributed by atoms with E-state index in [9.17, 15) is 10.2 Å². The van der Waals surface area contributed by atoms with Crippen molar-refractivity contribution in [3.05, 3.63) is 53.1 Å². The average Bonchev–Trinajstić information content (AvgIpc) is 2.30. The Kier molecular flexibility index (Phi) is 3.16. The first-order valence-electron chi connectivity index (χ1n) is 5.63. The molecule has 0 aliphatic carbocycles. The SMILES string of the molecule is Cc1cc(O)ccc1-c1cccc(CO)c1C. The lowest BCUT2D eigenvalue weighted by molar-refractivity contribution is 0.281. The lowest BCUT2D eigenvalue weighted by atomic mass is 9.94. The van der Waals surface area contributed by atoms with Crippen LogP contribution < -0.4 is 0 Å². The second-order valence-corrected chi connectivity index (χ2v) is 4.25. The maximum Gasteiger partial charge on any atom is 0.115 e. The van der Waals surface area contributed by atoms with E-state index >= 15 is 0 Å². The summed E-state index contributed by atoms with van der Waals surface area (Å²) in [7, 11) is 0. The smallest absolute Gasteiger partial charge is 0.115 e. The zero-order valence-corrected chi connectivity index (χ0v) is 10.1. The summed E-state index contributed by atoms with van der Waals surface area (Å²) in [6, 6.07) is 11.3. The van der Waals surface area contributed by atoms with Crippen molar-refractivity contribution in [2.75, 3.05) is 0 Å². The van der Waals surface area contributed by atoms with Gasteiger partial charge in [-0.15, -0.1) is 0 Å². The minimum Gasteiger partial charge on any atom is -0.508 e. The van der Waals surface area contributed by atoms with E-state index < -0.39 is 0 Å². The Labute approximate surface area is 101 Å². The second kappa shape index (κ2) is 4.60. The minimum absolute atomic E-state index is 0.0524. The number of phenolic OH excluding ortho intramolecular Hbond substituents is 1. The molecule has 17 heavy (non-hydrogen) atoms. The van der Waals surface area contributed by atoms with Crippen LogP contribution >= 0.6 is 0 Å². The highest BCUT2D eigenvalue weighted by atomic mass is 16.3. The fraction of sp³-hybridized carbons (Fsp3) is 0.200.